The molecule has 0 aliphatic carbocycles. The first-order valence-corrected chi connectivity index (χ1v) is 16.9. The van der Waals surface area contributed by atoms with E-state index in [2.05, 4.69) is 60.2 Å². The Morgan fingerprint density at radius 3 is 2.55 bits per heavy atom. The number of oxazole rings is 1. The van der Waals surface area contributed by atoms with Crippen LogP contribution in [0, 0.1) is 0 Å². The Bertz CT molecular complexity index is 1400. The predicted octanol–water partition coefficient (Wildman–Crippen LogP) is 5.27. The lowest BCUT2D eigenvalue weighted by Gasteiger charge is -2.38. The molecule has 5 rings (SSSR count). The third-order valence-corrected chi connectivity index (χ3v) is 13.3. The van der Waals surface area contributed by atoms with Crippen molar-refractivity contribution in [2.45, 2.75) is 70.2 Å². The fourth-order valence-electron chi connectivity index (χ4n) is 5.27. The number of aromatic nitrogens is 3. The average Bonchev–Trinajstić information content (AvgIpc) is 3.64. The zero-order valence-corrected chi connectivity index (χ0v) is 25.2. The first-order valence-electron chi connectivity index (χ1n) is 14.0. The largest absolute Gasteiger partial charge is 0.465 e. The van der Waals surface area contributed by atoms with Gasteiger partial charge in [0.1, 0.15) is 6.26 Å². The SMILES string of the molecule is Cn1ncc2cc(N3CC[C@H](O[Si](C)(C)C(C)(C)C)C3)c(NC(=O)c3coc(C4CCN(C(=O)O)CC4)n3)cc21. The van der Waals surface area contributed by atoms with Gasteiger partial charge in [-0.05, 0) is 49.5 Å². The number of hydrogen-bond acceptors (Lipinski definition) is 7. The van der Waals surface area contributed by atoms with E-state index < -0.39 is 14.4 Å². The number of aryl methyl sites for hydroxylation is 1. The maximum atomic E-state index is 13.4. The molecule has 0 spiro atoms. The highest BCUT2D eigenvalue weighted by molar-refractivity contribution is 6.74. The number of fused-ring (bicyclic) bond motifs is 1. The zero-order valence-electron chi connectivity index (χ0n) is 24.2. The van der Waals surface area contributed by atoms with E-state index in [9.17, 15) is 14.7 Å². The number of carboxylic acid groups (broad SMARTS) is 1. The van der Waals surface area contributed by atoms with E-state index in [1.807, 2.05) is 19.3 Å². The summed E-state index contributed by atoms with van der Waals surface area (Å²) >= 11 is 0. The molecular formula is C28H40N6O5Si. The molecule has 0 unspecified atom stereocenters. The van der Waals surface area contributed by atoms with E-state index in [0.29, 0.717) is 37.5 Å². The number of nitrogens with one attached hydrogen (secondary N) is 1. The Hall–Kier alpha value is -3.38. The topological polar surface area (TPSA) is 126 Å². The molecule has 2 N–H and O–H groups in total. The fourth-order valence-corrected chi connectivity index (χ4v) is 6.65. The Labute approximate surface area is 235 Å². The molecule has 0 bridgehead atoms. The Kier molecular flexibility index (Phi) is 7.42. The minimum Gasteiger partial charge on any atom is -0.465 e. The minimum absolute atomic E-state index is 0.0130. The molecule has 1 atom stereocenters. The molecule has 12 heteroatoms. The van der Waals surface area contributed by atoms with Crippen LogP contribution in [0.5, 0.6) is 0 Å². The summed E-state index contributed by atoms with van der Waals surface area (Å²) in [7, 11) is -0.0255. The van der Waals surface area contributed by atoms with Crippen LogP contribution in [0.15, 0.2) is 29.0 Å². The van der Waals surface area contributed by atoms with Crippen molar-refractivity contribution in [3.8, 4) is 0 Å². The number of likely N-dealkylation sites (tertiary alicyclic amines) is 1. The molecule has 2 aliphatic rings. The Morgan fingerprint density at radius 1 is 1.15 bits per heavy atom. The Balaban J connectivity index is 1.34. The maximum absolute atomic E-state index is 13.4. The fraction of sp³-hybridized carbons (Fsp3) is 0.571. The molecular weight excluding hydrogens is 528 g/mol. The van der Waals surface area contributed by atoms with E-state index in [4.69, 9.17) is 8.84 Å². The molecule has 2 saturated heterocycles. The van der Waals surface area contributed by atoms with Gasteiger partial charge in [0.05, 0.1) is 29.2 Å². The molecule has 2 amide bonds. The van der Waals surface area contributed by atoms with Gasteiger partial charge in [0.15, 0.2) is 19.9 Å². The van der Waals surface area contributed by atoms with Gasteiger partial charge in [-0.1, -0.05) is 20.8 Å². The lowest BCUT2D eigenvalue weighted by Crippen LogP contribution is -2.44. The average molecular weight is 569 g/mol. The van der Waals surface area contributed by atoms with E-state index in [-0.39, 0.29) is 28.7 Å². The normalized spacial score (nSPS) is 19.0. The van der Waals surface area contributed by atoms with Crippen molar-refractivity contribution in [2.24, 2.45) is 7.05 Å². The number of carbonyl (C=O) groups excluding carboxylic acids is 1. The molecule has 4 heterocycles. The monoisotopic (exact) mass is 568 g/mol. The quantitative estimate of drug-likeness (QED) is 0.385. The van der Waals surface area contributed by atoms with Crippen molar-refractivity contribution in [3.05, 3.63) is 36.2 Å². The van der Waals surface area contributed by atoms with Gasteiger partial charge in [-0.25, -0.2) is 9.78 Å². The number of amides is 2. The second kappa shape index (κ2) is 10.5. The second-order valence-electron chi connectivity index (χ2n) is 12.5. The molecule has 0 saturated carbocycles. The number of rotatable bonds is 6. The van der Waals surface area contributed by atoms with Crippen molar-refractivity contribution in [3.63, 3.8) is 0 Å². The molecule has 2 fully saturated rings. The summed E-state index contributed by atoms with van der Waals surface area (Å²) in [5.41, 5.74) is 2.74. The van der Waals surface area contributed by atoms with Crippen LogP contribution in [-0.4, -0.2) is 77.4 Å². The molecule has 0 radical (unpaired) electrons. The number of anilines is 2. The number of nitrogens with zero attached hydrogens (tertiary/aromatic N) is 5. The standard InChI is InChI=1S/C28H40N6O5Si/c1-28(2,3)40(5,6)39-20-9-12-34(16-20)24-13-19-15-29-32(4)23(19)14-21(24)30-25(35)22-17-38-26(31-22)18-7-10-33(11-8-18)27(36)37/h13-15,17-18,20H,7-12,16H2,1-6H3,(H,30,35)(H,36,37)/t20-/m0/s1. The summed E-state index contributed by atoms with van der Waals surface area (Å²) in [6.45, 7) is 13.8. The lowest BCUT2D eigenvalue weighted by atomic mass is 9.97. The van der Waals surface area contributed by atoms with Crippen molar-refractivity contribution in [2.75, 3.05) is 36.4 Å². The van der Waals surface area contributed by atoms with Crippen LogP contribution < -0.4 is 10.2 Å². The molecule has 1 aromatic carbocycles. The van der Waals surface area contributed by atoms with E-state index in [1.54, 1.807) is 4.68 Å². The molecule has 216 valence electrons. The number of benzene rings is 1. The third-order valence-electron chi connectivity index (χ3n) is 8.73. The molecule has 2 aromatic heterocycles. The highest BCUT2D eigenvalue weighted by Gasteiger charge is 2.41. The van der Waals surface area contributed by atoms with Crippen LogP contribution in [0.3, 0.4) is 0 Å². The molecule has 2 aliphatic heterocycles. The van der Waals surface area contributed by atoms with Gasteiger partial charge < -0.3 is 29.1 Å². The van der Waals surface area contributed by atoms with Gasteiger partial charge in [-0.2, -0.15) is 5.10 Å². The summed E-state index contributed by atoms with van der Waals surface area (Å²) in [5, 5.41) is 17.8. The Morgan fingerprint density at radius 2 is 1.88 bits per heavy atom. The zero-order chi connectivity index (χ0) is 28.8. The van der Waals surface area contributed by atoms with Gasteiger partial charge in [0.25, 0.3) is 5.91 Å². The predicted molar refractivity (Wildman–Crippen MR) is 156 cm³/mol. The van der Waals surface area contributed by atoms with Crippen LogP contribution in [0.4, 0.5) is 16.2 Å². The van der Waals surface area contributed by atoms with Crippen molar-refractivity contribution in [1.29, 1.82) is 0 Å². The maximum Gasteiger partial charge on any atom is 0.407 e. The minimum atomic E-state index is -1.91. The highest BCUT2D eigenvalue weighted by Crippen LogP contribution is 2.40. The van der Waals surface area contributed by atoms with Crippen LogP contribution in [-0.2, 0) is 11.5 Å². The van der Waals surface area contributed by atoms with Crippen LogP contribution in [0.1, 0.15) is 62.3 Å². The molecule has 11 nitrogen and oxygen atoms in total. The van der Waals surface area contributed by atoms with Gasteiger partial charge in [0.2, 0.25) is 0 Å². The van der Waals surface area contributed by atoms with Crippen LogP contribution in [0.2, 0.25) is 18.1 Å². The first-order chi connectivity index (χ1) is 18.8. The van der Waals surface area contributed by atoms with E-state index in [0.717, 1.165) is 36.1 Å². The number of carbonyl (C=O) groups is 2. The van der Waals surface area contributed by atoms with Crippen LogP contribution in [0.25, 0.3) is 10.9 Å². The van der Waals surface area contributed by atoms with Gasteiger partial charge in [-0.15, -0.1) is 0 Å². The van der Waals surface area contributed by atoms with Gasteiger partial charge in [-0.3, -0.25) is 9.48 Å². The van der Waals surface area contributed by atoms with Crippen molar-refractivity contribution in [1.82, 2.24) is 19.7 Å². The highest BCUT2D eigenvalue weighted by atomic mass is 28.4. The smallest absolute Gasteiger partial charge is 0.407 e. The van der Waals surface area contributed by atoms with Crippen molar-refractivity contribution < 1.29 is 23.5 Å². The second-order valence-corrected chi connectivity index (χ2v) is 17.3. The van der Waals surface area contributed by atoms with E-state index >= 15 is 0 Å². The summed E-state index contributed by atoms with van der Waals surface area (Å²) in [6.07, 6.45) is 4.60. The lowest BCUT2D eigenvalue weighted by molar-refractivity contribution is 0.102. The molecule has 40 heavy (non-hydrogen) atoms. The third kappa shape index (κ3) is 5.60. The van der Waals surface area contributed by atoms with Crippen molar-refractivity contribution >= 4 is 42.6 Å². The molecule has 3 aromatic rings. The summed E-state index contributed by atoms with van der Waals surface area (Å²) in [4.78, 5) is 32.7. The summed E-state index contributed by atoms with van der Waals surface area (Å²) < 4.78 is 14.2. The van der Waals surface area contributed by atoms with Gasteiger partial charge in [0, 0.05) is 44.5 Å². The first kappa shape index (κ1) is 28.2. The van der Waals surface area contributed by atoms with E-state index in [1.165, 1.54) is 11.2 Å². The van der Waals surface area contributed by atoms with Gasteiger partial charge >= 0.3 is 6.09 Å². The number of hydrogen-bond donors (Lipinski definition) is 2. The van der Waals surface area contributed by atoms with Crippen LogP contribution >= 0.6 is 0 Å². The summed E-state index contributed by atoms with van der Waals surface area (Å²) in [6, 6.07) is 4.04. The number of piperidine rings is 1. The summed E-state index contributed by atoms with van der Waals surface area (Å²) in [5.74, 6) is 0.109.